The van der Waals surface area contributed by atoms with E-state index >= 15 is 0 Å². The second-order valence-corrected chi connectivity index (χ2v) is 6.40. The van der Waals surface area contributed by atoms with Crippen LogP contribution in [0.3, 0.4) is 0 Å². The van der Waals surface area contributed by atoms with Crippen LogP contribution in [0, 0.1) is 5.41 Å². The van der Waals surface area contributed by atoms with Crippen LogP contribution < -0.4 is 10.6 Å². The van der Waals surface area contributed by atoms with Crippen molar-refractivity contribution in [2.45, 2.75) is 53.6 Å². The van der Waals surface area contributed by atoms with Crippen LogP contribution in [0.1, 0.15) is 48.0 Å². The number of ether oxygens (including phenoxy) is 1. The van der Waals surface area contributed by atoms with Gasteiger partial charge in [-0.1, -0.05) is 20.8 Å². The molecule has 0 bridgehead atoms. The highest BCUT2D eigenvalue weighted by atomic mass is 16.5. The summed E-state index contributed by atoms with van der Waals surface area (Å²) in [6.45, 7) is 15.3. The molecule has 0 aromatic rings. The van der Waals surface area contributed by atoms with Gasteiger partial charge in [-0.05, 0) is 32.6 Å². The summed E-state index contributed by atoms with van der Waals surface area (Å²) < 4.78 is 5.36. The first-order valence-corrected chi connectivity index (χ1v) is 6.77. The van der Waals surface area contributed by atoms with E-state index in [4.69, 9.17) is 4.74 Å². The Morgan fingerprint density at radius 3 is 2.17 bits per heavy atom. The SMILES string of the molecule is CCNC(=NCC(C)(C)OC)NCCC(C)(C)C. The number of hydrogen-bond donors (Lipinski definition) is 2. The minimum atomic E-state index is -0.216. The predicted molar refractivity (Wildman–Crippen MR) is 79.1 cm³/mol. The van der Waals surface area contributed by atoms with Gasteiger partial charge in [0.1, 0.15) is 0 Å². The van der Waals surface area contributed by atoms with Crippen LogP contribution in [-0.4, -0.2) is 38.3 Å². The van der Waals surface area contributed by atoms with E-state index in [2.05, 4.69) is 43.3 Å². The van der Waals surface area contributed by atoms with Crippen molar-refractivity contribution < 1.29 is 4.74 Å². The van der Waals surface area contributed by atoms with Crippen LogP contribution in [0.4, 0.5) is 0 Å². The Bertz CT molecular complexity index is 254. The minimum absolute atomic E-state index is 0.216. The van der Waals surface area contributed by atoms with Crippen molar-refractivity contribution in [1.29, 1.82) is 0 Å². The second-order valence-electron chi connectivity index (χ2n) is 6.40. The number of aliphatic imine (C=N–C) groups is 1. The molecule has 0 aromatic carbocycles. The number of nitrogens with zero attached hydrogens (tertiary/aromatic N) is 1. The maximum Gasteiger partial charge on any atom is 0.191 e. The summed E-state index contributed by atoms with van der Waals surface area (Å²) in [5, 5.41) is 6.61. The standard InChI is InChI=1S/C14H31N3O/c1-8-15-12(16-10-9-13(2,3)4)17-11-14(5,6)18-7/h8-11H2,1-7H3,(H2,15,16,17). The van der Waals surface area contributed by atoms with Crippen LogP contribution in [-0.2, 0) is 4.74 Å². The Kier molecular flexibility index (Phi) is 7.29. The fourth-order valence-corrected chi connectivity index (χ4v) is 1.23. The van der Waals surface area contributed by atoms with Gasteiger partial charge in [0.2, 0.25) is 0 Å². The van der Waals surface area contributed by atoms with E-state index in [0.29, 0.717) is 12.0 Å². The van der Waals surface area contributed by atoms with Gasteiger partial charge in [-0.2, -0.15) is 0 Å². The molecule has 0 saturated carbocycles. The first kappa shape index (κ1) is 17.2. The van der Waals surface area contributed by atoms with E-state index in [9.17, 15) is 0 Å². The third kappa shape index (κ3) is 9.28. The molecule has 0 fully saturated rings. The van der Waals surface area contributed by atoms with Crippen LogP contribution in [0.5, 0.6) is 0 Å². The van der Waals surface area contributed by atoms with Crippen molar-refractivity contribution in [2.75, 3.05) is 26.7 Å². The summed E-state index contributed by atoms with van der Waals surface area (Å²) in [4.78, 5) is 4.54. The number of methoxy groups -OCH3 is 1. The normalized spacial score (nSPS) is 13.6. The Labute approximate surface area is 113 Å². The summed E-state index contributed by atoms with van der Waals surface area (Å²) >= 11 is 0. The number of rotatable bonds is 6. The van der Waals surface area contributed by atoms with Crippen molar-refractivity contribution in [1.82, 2.24) is 10.6 Å². The van der Waals surface area contributed by atoms with Gasteiger partial charge in [0.15, 0.2) is 5.96 Å². The second kappa shape index (κ2) is 7.62. The number of guanidine groups is 1. The van der Waals surface area contributed by atoms with Crippen LogP contribution in [0.25, 0.3) is 0 Å². The van der Waals surface area contributed by atoms with Crippen molar-refractivity contribution in [2.24, 2.45) is 10.4 Å². The molecule has 4 nitrogen and oxygen atoms in total. The summed E-state index contributed by atoms with van der Waals surface area (Å²) in [6, 6.07) is 0. The lowest BCUT2D eigenvalue weighted by Gasteiger charge is -2.22. The molecule has 0 aliphatic rings. The molecule has 0 heterocycles. The molecule has 0 atom stereocenters. The average Bonchev–Trinajstić information content (AvgIpc) is 2.24. The van der Waals surface area contributed by atoms with Crippen LogP contribution >= 0.6 is 0 Å². The number of hydrogen-bond acceptors (Lipinski definition) is 2. The monoisotopic (exact) mass is 257 g/mol. The van der Waals surface area contributed by atoms with Crippen molar-refractivity contribution >= 4 is 5.96 Å². The predicted octanol–water partition coefficient (Wildman–Crippen LogP) is 2.40. The highest BCUT2D eigenvalue weighted by Crippen LogP contribution is 2.16. The molecule has 0 saturated heterocycles. The van der Waals surface area contributed by atoms with Crippen molar-refractivity contribution in [3.05, 3.63) is 0 Å². The molecule has 0 rings (SSSR count). The quantitative estimate of drug-likeness (QED) is 0.567. The molecular formula is C14H31N3O. The summed E-state index contributed by atoms with van der Waals surface area (Å²) in [5.74, 6) is 0.867. The Hall–Kier alpha value is -0.770. The smallest absolute Gasteiger partial charge is 0.191 e. The van der Waals surface area contributed by atoms with Gasteiger partial charge in [-0.15, -0.1) is 0 Å². The Morgan fingerprint density at radius 1 is 1.11 bits per heavy atom. The molecule has 2 N–H and O–H groups in total. The maximum absolute atomic E-state index is 5.36. The zero-order chi connectivity index (χ0) is 14.2. The van der Waals surface area contributed by atoms with Gasteiger partial charge in [-0.25, -0.2) is 0 Å². The van der Waals surface area contributed by atoms with Gasteiger partial charge in [-0.3, -0.25) is 4.99 Å². The van der Waals surface area contributed by atoms with Crippen LogP contribution in [0.15, 0.2) is 4.99 Å². The van der Waals surface area contributed by atoms with Gasteiger partial charge >= 0.3 is 0 Å². The van der Waals surface area contributed by atoms with E-state index in [0.717, 1.165) is 25.5 Å². The van der Waals surface area contributed by atoms with Crippen molar-refractivity contribution in [3.63, 3.8) is 0 Å². The Morgan fingerprint density at radius 2 is 1.72 bits per heavy atom. The lowest BCUT2D eigenvalue weighted by atomic mass is 9.92. The topological polar surface area (TPSA) is 45.7 Å². The third-order valence-electron chi connectivity index (χ3n) is 2.68. The zero-order valence-corrected chi connectivity index (χ0v) is 13.2. The molecule has 0 aliphatic heterocycles. The molecule has 0 aliphatic carbocycles. The average molecular weight is 257 g/mol. The maximum atomic E-state index is 5.36. The first-order chi connectivity index (χ1) is 8.20. The largest absolute Gasteiger partial charge is 0.377 e. The molecule has 0 amide bonds. The van der Waals surface area contributed by atoms with E-state index in [1.165, 1.54) is 0 Å². The fraction of sp³-hybridized carbons (Fsp3) is 0.929. The van der Waals surface area contributed by atoms with Gasteiger partial charge in [0, 0.05) is 20.2 Å². The molecule has 0 unspecified atom stereocenters. The third-order valence-corrected chi connectivity index (χ3v) is 2.68. The van der Waals surface area contributed by atoms with E-state index in [1.807, 2.05) is 13.8 Å². The van der Waals surface area contributed by atoms with Gasteiger partial charge < -0.3 is 15.4 Å². The molecule has 0 radical (unpaired) electrons. The van der Waals surface area contributed by atoms with Crippen LogP contribution in [0.2, 0.25) is 0 Å². The van der Waals surface area contributed by atoms with Gasteiger partial charge in [0.25, 0.3) is 0 Å². The molecule has 18 heavy (non-hydrogen) atoms. The summed E-state index contributed by atoms with van der Waals surface area (Å²) in [5.41, 5.74) is 0.127. The molecule has 0 aromatic heterocycles. The fourth-order valence-electron chi connectivity index (χ4n) is 1.23. The highest BCUT2D eigenvalue weighted by molar-refractivity contribution is 5.79. The molecular weight excluding hydrogens is 226 g/mol. The number of nitrogens with one attached hydrogen (secondary N) is 2. The van der Waals surface area contributed by atoms with Gasteiger partial charge in [0.05, 0.1) is 12.1 Å². The van der Waals surface area contributed by atoms with E-state index < -0.39 is 0 Å². The molecule has 0 spiro atoms. The zero-order valence-electron chi connectivity index (χ0n) is 13.2. The Balaban J connectivity index is 4.25. The minimum Gasteiger partial charge on any atom is -0.377 e. The summed E-state index contributed by atoms with van der Waals surface area (Å²) in [6.07, 6.45) is 1.12. The van der Waals surface area contributed by atoms with E-state index in [-0.39, 0.29) is 5.60 Å². The first-order valence-electron chi connectivity index (χ1n) is 6.77. The summed E-state index contributed by atoms with van der Waals surface area (Å²) in [7, 11) is 1.72. The lowest BCUT2D eigenvalue weighted by Crippen LogP contribution is -2.40. The highest BCUT2D eigenvalue weighted by Gasteiger charge is 2.16. The lowest BCUT2D eigenvalue weighted by molar-refractivity contribution is 0.0310. The van der Waals surface area contributed by atoms with E-state index in [1.54, 1.807) is 7.11 Å². The molecule has 108 valence electrons. The van der Waals surface area contributed by atoms with Crippen molar-refractivity contribution in [3.8, 4) is 0 Å². The molecule has 4 heteroatoms.